The first-order chi connectivity index (χ1) is 10.4. The van der Waals surface area contributed by atoms with Crippen molar-refractivity contribution in [3.8, 4) is 0 Å². The van der Waals surface area contributed by atoms with E-state index in [0.29, 0.717) is 5.56 Å². The van der Waals surface area contributed by atoms with E-state index in [2.05, 4.69) is 9.50 Å². The van der Waals surface area contributed by atoms with Crippen LogP contribution < -0.4 is 11.2 Å². The van der Waals surface area contributed by atoms with Crippen molar-refractivity contribution in [3.05, 3.63) is 58.7 Å². The van der Waals surface area contributed by atoms with Gasteiger partial charge < -0.3 is 5.73 Å². The first kappa shape index (κ1) is 16.2. The molecule has 0 bridgehead atoms. The van der Waals surface area contributed by atoms with Crippen LogP contribution in [0.4, 0.5) is 0 Å². The SMILES string of the molecule is NC(=O)Cn1nc(Cl)cc/c1=N/S(=O)(=O)Cc1ccccc1. The molecule has 0 saturated carbocycles. The molecule has 9 heteroatoms. The molecule has 1 heterocycles. The second-order valence-corrected chi connectivity index (χ2v) is 6.46. The lowest BCUT2D eigenvalue weighted by molar-refractivity contribution is -0.118. The Balaban J connectivity index is 2.41. The maximum Gasteiger partial charge on any atom is 0.259 e. The van der Waals surface area contributed by atoms with E-state index < -0.39 is 15.9 Å². The van der Waals surface area contributed by atoms with Gasteiger partial charge in [-0.25, -0.2) is 13.1 Å². The van der Waals surface area contributed by atoms with Crippen molar-refractivity contribution in [2.24, 2.45) is 10.1 Å². The number of primary amides is 1. The molecule has 0 saturated heterocycles. The first-order valence-corrected chi connectivity index (χ1v) is 8.19. The van der Waals surface area contributed by atoms with Gasteiger partial charge >= 0.3 is 0 Å². The quantitative estimate of drug-likeness (QED) is 0.852. The van der Waals surface area contributed by atoms with Gasteiger partial charge in [-0.3, -0.25) is 4.79 Å². The van der Waals surface area contributed by atoms with Crippen molar-refractivity contribution in [3.63, 3.8) is 0 Å². The van der Waals surface area contributed by atoms with Gasteiger partial charge in [-0.15, -0.1) is 4.40 Å². The highest BCUT2D eigenvalue weighted by Gasteiger charge is 2.11. The molecule has 0 spiro atoms. The zero-order valence-electron chi connectivity index (χ0n) is 11.4. The zero-order chi connectivity index (χ0) is 16.2. The van der Waals surface area contributed by atoms with Crippen LogP contribution in [0.2, 0.25) is 5.15 Å². The molecule has 1 amide bonds. The van der Waals surface area contributed by atoms with Crippen LogP contribution in [-0.4, -0.2) is 24.1 Å². The Morgan fingerprint density at radius 2 is 1.91 bits per heavy atom. The zero-order valence-corrected chi connectivity index (χ0v) is 13.0. The minimum absolute atomic E-state index is 0.0147. The molecule has 1 aromatic carbocycles. The maximum absolute atomic E-state index is 12.1. The van der Waals surface area contributed by atoms with Crippen molar-refractivity contribution in [1.82, 2.24) is 9.78 Å². The number of halogens is 1. The van der Waals surface area contributed by atoms with Gasteiger partial charge in [0.15, 0.2) is 5.49 Å². The molecule has 0 aliphatic carbocycles. The minimum atomic E-state index is -3.79. The Bertz CT molecular complexity index is 847. The number of hydrogen-bond acceptors (Lipinski definition) is 4. The molecule has 2 rings (SSSR count). The highest BCUT2D eigenvalue weighted by molar-refractivity contribution is 7.89. The molecule has 1 aromatic heterocycles. The number of carbonyl (C=O) groups is 1. The van der Waals surface area contributed by atoms with Gasteiger partial charge in [-0.1, -0.05) is 41.9 Å². The highest BCUT2D eigenvalue weighted by Crippen LogP contribution is 2.06. The smallest absolute Gasteiger partial charge is 0.259 e. The van der Waals surface area contributed by atoms with Crippen LogP contribution in [0.15, 0.2) is 46.9 Å². The Morgan fingerprint density at radius 3 is 2.55 bits per heavy atom. The number of rotatable bonds is 5. The van der Waals surface area contributed by atoms with Gasteiger partial charge in [0.1, 0.15) is 11.7 Å². The summed E-state index contributed by atoms with van der Waals surface area (Å²) in [6, 6.07) is 11.4. The van der Waals surface area contributed by atoms with E-state index in [0.717, 1.165) is 4.68 Å². The Kier molecular flexibility index (Phi) is 4.94. The Hall–Kier alpha value is -2.19. The predicted octanol–water partition coefficient (Wildman–Crippen LogP) is 0.452. The number of aromatic nitrogens is 2. The monoisotopic (exact) mass is 340 g/mol. The maximum atomic E-state index is 12.1. The summed E-state index contributed by atoms with van der Waals surface area (Å²) in [5.74, 6) is -0.941. The summed E-state index contributed by atoms with van der Waals surface area (Å²) in [7, 11) is -3.79. The molecule has 22 heavy (non-hydrogen) atoms. The number of nitrogens with two attached hydrogens (primary N) is 1. The molecule has 0 aliphatic heterocycles. The van der Waals surface area contributed by atoms with E-state index in [1.54, 1.807) is 30.3 Å². The van der Waals surface area contributed by atoms with E-state index in [9.17, 15) is 13.2 Å². The van der Waals surface area contributed by atoms with E-state index in [1.807, 2.05) is 0 Å². The lowest BCUT2D eigenvalue weighted by Gasteiger charge is -2.04. The molecular formula is C13H13ClN4O3S. The molecule has 7 nitrogen and oxygen atoms in total. The molecule has 0 unspecified atom stereocenters. The predicted molar refractivity (Wildman–Crippen MR) is 81.1 cm³/mol. The fourth-order valence-electron chi connectivity index (χ4n) is 1.73. The molecule has 116 valence electrons. The van der Waals surface area contributed by atoms with E-state index in [-0.39, 0.29) is 22.9 Å². The van der Waals surface area contributed by atoms with Crippen LogP contribution in [0, 0.1) is 0 Å². The second-order valence-electron chi connectivity index (χ2n) is 4.44. The van der Waals surface area contributed by atoms with Gasteiger partial charge in [-0.2, -0.15) is 5.10 Å². The van der Waals surface area contributed by atoms with Gasteiger partial charge in [0.05, 0.1) is 5.75 Å². The second kappa shape index (κ2) is 6.71. The molecule has 2 aromatic rings. The standard InChI is InChI=1S/C13H13ClN4O3S/c14-11-6-7-13(18(16-11)8-12(15)19)17-22(20,21)9-10-4-2-1-3-5-10/h1-7H,8-9H2,(H2,15,19)/b17-13-. The van der Waals surface area contributed by atoms with Crippen molar-refractivity contribution < 1.29 is 13.2 Å². The van der Waals surface area contributed by atoms with E-state index in [4.69, 9.17) is 17.3 Å². The van der Waals surface area contributed by atoms with E-state index in [1.165, 1.54) is 12.1 Å². The molecule has 0 fully saturated rings. The van der Waals surface area contributed by atoms with E-state index >= 15 is 0 Å². The number of amides is 1. The summed E-state index contributed by atoms with van der Waals surface area (Å²) in [4.78, 5) is 11.0. The summed E-state index contributed by atoms with van der Waals surface area (Å²) < 4.78 is 29.0. The van der Waals surface area contributed by atoms with Crippen LogP contribution in [0.1, 0.15) is 5.56 Å². The van der Waals surface area contributed by atoms with Crippen molar-refractivity contribution in [2.45, 2.75) is 12.3 Å². The average molecular weight is 341 g/mol. The summed E-state index contributed by atoms with van der Waals surface area (Å²) in [6.45, 7) is -0.319. The highest BCUT2D eigenvalue weighted by atomic mass is 35.5. The Labute approximate surface area is 132 Å². The molecule has 0 radical (unpaired) electrons. The molecule has 0 aliphatic rings. The van der Waals surface area contributed by atoms with Gasteiger partial charge in [-0.05, 0) is 17.7 Å². The van der Waals surface area contributed by atoms with Crippen molar-refractivity contribution in [1.29, 1.82) is 0 Å². The lowest BCUT2D eigenvalue weighted by Crippen LogP contribution is -2.31. The van der Waals surface area contributed by atoms with Crippen LogP contribution in [0.25, 0.3) is 0 Å². The van der Waals surface area contributed by atoms with Crippen molar-refractivity contribution >= 4 is 27.5 Å². The summed E-state index contributed by atoms with van der Waals surface area (Å²) in [5, 5.41) is 3.93. The summed E-state index contributed by atoms with van der Waals surface area (Å²) >= 11 is 5.73. The number of nitrogens with zero attached hydrogens (tertiary/aromatic N) is 3. The van der Waals surface area contributed by atoms with Crippen LogP contribution >= 0.6 is 11.6 Å². The number of sulfonamides is 1. The number of carbonyl (C=O) groups excluding carboxylic acids is 1. The normalized spacial score (nSPS) is 12.3. The lowest BCUT2D eigenvalue weighted by atomic mass is 10.2. The molecule has 2 N–H and O–H groups in total. The number of hydrogen-bond donors (Lipinski definition) is 1. The minimum Gasteiger partial charge on any atom is -0.368 e. The van der Waals surface area contributed by atoms with Crippen molar-refractivity contribution in [2.75, 3.05) is 0 Å². The molecular weight excluding hydrogens is 328 g/mol. The molecule has 0 atom stereocenters. The third kappa shape index (κ3) is 4.68. The fourth-order valence-corrected chi connectivity index (χ4v) is 3.00. The summed E-state index contributed by atoms with van der Waals surface area (Å²) in [5.41, 5.74) is 5.69. The first-order valence-electron chi connectivity index (χ1n) is 6.20. The largest absolute Gasteiger partial charge is 0.368 e. The van der Waals surface area contributed by atoms with Crippen LogP contribution in [-0.2, 0) is 27.1 Å². The summed E-state index contributed by atoms with van der Waals surface area (Å²) in [6.07, 6.45) is 0. The number of benzene rings is 1. The third-order valence-electron chi connectivity index (χ3n) is 2.58. The van der Waals surface area contributed by atoms with Gasteiger partial charge in [0.2, 0.25) is 5.91 Å². The van der Waals surface area contributed by atoms with Gasteiger partial charge in [0.25, 0.3) is 10.0 Å². The van der Waals surface area contributed by atoms with Crippen LogP contribution in [0.5, 0.6) is 0 Å². The fraction of sp³-hybridized carbons (Fsp3) is 0.154. The van der Waals surface area contributed by atoms with Gasteiger partial charge in [0, 0.05) is 0 Å². The third-order valence-corrected chi connectivity index (χ3v) is 3.95. The average Bonchev–Trinajstić information content (AvgIpc) is 2.42. The van der Waals surface area contributed by atoms with Crippen LogP contribution in [0.3, 0.4) is 0 Å². The topological polar surface area (TPSA) is 107 Å². The Morgan fingerprint density at radius 1 is 1.23 bits per heavy atom.